The Kier molecular flexibility index (Phi) is 5.21. The lowest BCUT2D eigenvalue weighted by Gasteiger charge is -2.16. The van der Waals surface area contributed by atoms with Crippen molar-refractivity contribution in [3.63, 3.8) is 0 Å². The summed E-state index contributed by atoms with van der Waals surface area (Å²) in [6.45, 7) is 5.87. The number of hydrogen-bond acceptors (Lipinski definition) is 4. The molecule has 136 valence electrons. The summed E-state index contributed by atoms with van der Waals surface area (Å²) in [5.74, 6) is 0.337. The largest absolute Gasteiger partial charge is 0.493 e. The molecule has 2 aromatic rings. The molecule has 1 aromatic carbocycles. The number of nitrogens with zero attached hydrogens (tertiary/aromatic N) is 2. The molecule has 0 unspecified atom stereocenters. The topological polar surface area (TPSA) is 73.2 Å². The summed E-state index contributed by atoms with van der Waals surface area (Å²) in [6.07, 6.45) is 3.21. The molecule has 2 bridgehead atoms. The summed E-state index contributed by atoms with van der Waals surface area (Å²) in [5, 5.41) is 7.27. The van der Waals surface area contributed by atoms with Crippen molar-refractivity contribution in [2.24, 2.45) is 0 Å². The monoisotopic (exact) mass is 353 g/mol. The SMILES string of the molecule is CC(=O)[C@@H]1C/C=C(\C)CCOc2cccc(c2)-n2nc(C)cc2C(=O)N1. The molecular weight excluding hydrogens is 330 g/mol. The van der Waals surface area contributed by atoms with Crippen LogP contribution in [0.15, 0.2) is 42.0 Å². The minimum absolute atomic E-state index is 0.0736. The van der Waals surface area contributed by atoms with E-state index in [1.54, 1.807) is 10.7 Å². The summed E-state index contributed by atoms with van der Waals surface area (Å²) in [6, 6.07) is 8.64. The molecule has 2 heterocycles. The standard InChI is InChI=1S/C20H23N3O3/c1-13-7-8-18(15(3)24)21-20(25)19-11-14(2)22-23(19)16-5-4-6-17(12-16)26-10-9-13/h4-7,11-12,18H,8-10H2,1-3H3,(H,21,25)/b13-7+/t18-/m0/s1. The van der Waals surface area contributed by atoms with Crippen LogP contribution in [0.2, 0.25) is 0 Å². The highest BCUT2D eigenvalue weighted by Crippen LogP contribution is 2.20. The van der Waals surface area contributed by atoms with Crippen LogP contribution in [0.25, 0.3) is 5.69 Å². The van der Waals surface area contributed by atoms with Crippen LogP contribution in [0.4, 0.5) is 0 Å². The number of aromatic nitrogens is 2. The molecule has 1 N–H and O–H groups in total. The quantitative estimate of drug-likeness (QED) is 0.800. The van der Waals surface area contributed by atoms with E-state index in [4.69, 9.17) is 4.74 Å². The summed E-state index contributed by atoms with van der Waals surface area (Å²) in [7, 11) is 0. The van der Waals surface area contributed by atoms with Gasteiger partial charge in [-0.2, -0.15) is 5.10 Å². The van der Waals surface area contributed by atoms with Gasteiger partial charge in [0.2, 0.25) is 0 Å². The molecule has 6 heteroatoms. The van der Waals surface area contributed by atoms with E-state index in [1.165, 1.54) is 6.92 Å². The molecule has 1 amide bonds. The second kappa shape index (κ2) is 7.56. The van der Waals surface area contributed by atoms with Crippen LogP contribution < -0.4 is 10.1 Å². The number of carbonyl (C=O) groups excluding carboxylic acids is 2. The molecule has 26 heavy (non-hydrogen) atoms. The zero-order valence-electron chi connectivity index (χ0n) is 15.3. The third-order valence-electron chi connectivity index (χ3n) is 4.39. The fraction of sp³-hybridized carbons (Fsp3) is 0.350. The van der Waals surface area contributed by atoms with Crippen LogP contribution >= 0.6 is 0 Å². The second-order valence-corrected chi connectivity index (χ2v) is 6.60. The van der Waals surface area contributed by atoms with Gasteiger partial charge in [-0.05, 0) is 45.4 Å². The average Bonchev–Trinajstić information content (AvgIpc) is 3.00. The molecule has 0 saturated carbocycles. The van der Waals surface area contributed by atoms with Gasteiger partial charge in [-0.3, -0.25) is 9.59 Å². The van der Waals surface area contributed by atoms with Crippen molar-refractivity contribution in [2.75, 3.05) is 6.61 Å². The van der Waals surface area contributed by atoms with E-state index in [0.717, 1.165) is 29.1 Å². The van der Waals surface area contributed by atoms with Gasteiger partial charge in [0.05, 0.1) is 24.0 Å². The minimum atomic E-state index is -0.559. The summed E-state index contributed by atoms with van der Waals surface area (Å²) in [5.41, 5.74) is 2.98. The van der Waals surface area contributed by atoms with E-state index in [9.17, 15) is 9.59 Å². The molecule has 1 atom stereocenters. The van der Waals surface area contributed by atoms with Crippen LogP contribution in [0.3, 0.4) is 0 Å². The van der Waals surface area contributed by atoms with E-state index >= 15 is 0 Å². The predicted octanol–water partition coefficient (Wildman–Crippen LogP) is 2.99. The maximum absolute atomic E-state index is 12.8. The van der Waals surface area contributed by atoms with Crippen molar-refractivity contribution >= 4 is 11.7 Å². The van der Waals surface area contributed by atoms with Crippen molar-refractivity contribution in [1.82, 2.24) is 15.1 Å². The van der Waals surface area contributed by atoms with Gasteiger partial charge in [0.15, 0.2) is 5.78 Å². The van der Waals surface area contributed by atoms with Gasteiger partial charge in [0.1, 0.15) is 11.4 Å². The number of hydrogen-bond donors (Lipinski definition) is 1. The first-order valence-corrected chi connectivity index (χ1v) is 8.71. The number of fused-ring (bicyclic) bond motifs is 4. The summed E-state index contributed by atoms with van der Waals surface area (Å²) in [4.78, 5) is 24.8. The molecule has 0 saturated heterocycles. The Morgan fingerprint density at radius 3 is 2.88 bits per heavy atom. The Balaban J connectivity index is 2.05. The van der Waals surface area contributed by atoms with E-state index in [0.29, 0.717) is 18.7 Å². The number of rotatable bonds is 1. The number of nitrogens with one attached hydrogen (secondary N) is 1. The summed E-state index contributed by atoms with van der Waals surface area (Å²) >= 11 is 0. The van der Waals surface area contributed by atoms with Gasteiger partial charge in [-0.15, -0.1) is 0 Å². The molecule has 0 spiro atoms. The maximum Gasteiger partial charge on any atom is 0.270 e. The molecule has 1 aliphatic rings. The molecule has 1 aromatic heterocycles. The first-order chi connectivity index (χ1) is 12.4. The molecular formula is C20H23N3O3. The smallest absolute Gasteiger partial charge is 0.270 e. The van der Waals surface area contributed by atoms with Crippen LogP contribution in [-0.4, -0.2) is 34.1 Å². The van der Waals surface area contributed by atoms with Gasteiger partial charge < -0.3 is 10.1 Å². The van der Waals surface area contributed by atoms with E-state index in [-0.39, 0.29) is 11.7 Å². The molecule has 1 aliphatic heterocycles. The molecule has 6 nitrogen and oxygen atoms in total. The van der Waals surface area contributed by atoms with Gasteiger partial charge >= 0.3 is 0 Å². The predicted molar refractivity (Wildman–Crippen MR) is 98.7 cm³/mol. The Labute approximate surface area is 152 Å². The molecule has 0 radical (unpaired) electrons. The highest BCUT2D eigenvalue weighted by atomic mass is 16.5. The Hall–Kier alpha value is -2.89. The highest BCUT2D eigenvalue weighted by Gasteiger charge is 2.21. The zero-order valence-corrected chi connectivity index (χ0v) is 15.3. The summed E-state index contributed by atoms with van der Waals surface area (Å²) < 4.78 is 7.42. The second-order valence-electron chi connectivity index (χ2n) is 6.60. The maximum atomic E-state index is 12.8. The van der Waals surface area contributed by atoms with E-state index < -0.39 is 6.04 Å². The lowest BCUT2D eigenvalue weighted by molar-refractivity contribution is -0.118. The van der Waals surface area contributed by atoms with Crippen molar-refractivity contribution in [3.05, 3.63) is 53.4 Å². The van der Waals surface area contributed by atoms with Crippen LogP contribution in [0, 0.1) is 6.92 Å². The Morgan fingerprint density at radius 1 is 1.31 bits per heavy atom. The van der Waals surface area contributed by atoms with Crippen LogP contribution in [-0.2, 0) is 4.79 Å². The number of ketones is 1. The van der Waals surface area contributed by atoms with Gasteiger partial charge in [0.25, 0.3) is 5.91 Å². The normalized spacial score (nSPS) is 20.0. The van der Waals surface area contributed by atoms with Crippen LogP contribution in [0.1, 0.15) is 42.9 Å². The first-order valence-electron chi connectivity index (χ1n) is 8.71. The number of amides is 1. The van der Waals surface area contributed by atoms with Crippen LogP contribution in [0.5, 0.6) is 5.75 Å². The van der Waals surface area contributed by atoms with E-state index in [1.807, 2.05) is 44.2 Å². The molecule has 0 fully saturated rings. The number of aryl methyl sites for hydroxylation is 1. The third kappa shape index (κ3) is 4.02. The third-order valence-corrected chi connectivity index (χ3v) is 4.39. The van der Waals surface area contributed by atoms with Crippen molar-refractivity contribution in [2.45, 2.75) is 39.7 Å². The number of ether oxygens (including phenoxy) is 1. The number of Topliss-reactive ketones (excluding diaryl/α,β-unsaturated/α-hetero) is 1. The lowest BCUT2D eigenvalue weighted by Crippen LogP contribution is -2.40. The van der Waals surface area contributed by atoms with Gasteiger partial charge in [0, 0.05) is 12.5 Å². The van der Waals surface area contributed by atoms with Crippen molar-refractivity contribution in [3.8, 4) is 11.4 Å². The van der Waals surface area contributed by atoms with Crippen molar-refractivity contribution < 1.29 is 14.3 Å². The number of carbonyl (C=O) groups is 2. The molecule has 0 aliphatic carbocycles. The highest BCUT2D eigenvalue weighted by molar-refractivity contribution is 5.96. The Bertz CT molecular complexity index is 867. The van der Waals surface area contributed by atoms with Gasteiger partial charge in [-0.25, -0.2) is 4.68 Å². The zero-order chi connectivity index (χ0) is 18.7. The fourth-order valence-corrected chi connectivity index (χ4v) is 2.87. The average molecular weight is 353 g/mol. The first kappa shape index (κ1) is 17.9. The minimum Gasteiger partial charge on any atom is -0.493 e. The lowest BCUT2D eigenvalue weighted by atomic mass is 10.1. The van der Waals surface area contributed by atoms with E-state index in [2.05, 4.69) is 10.4 Å². The molecule has 3 rings (SSSR count). The number of benzene rings is 1. The van der Waals surface area contributed by atoms with Crippen molar-refractivity contribution in [1.29, 1.82) is 0 Å². The fourth-order valence-electron chi connectivity index (χ4n) is 2.87. The van der Waals surface area contributed by atoms with Gasteiger partial charge in [-0.1, -0.05) is 17.7 Å². The Morgan fingerprint density at radius 2 is 2.12 bits per heavy atom.